The summed E-state index contributed by atoms with van der Waals surface area (Å²) in [5.41, 5.74) is -1.30. The third-order valence-corrected chi connectivity index (χ3v) is 5.42. The molecule has 0 saturated heterocycles. The van der Waals surface area contributed by atoms with Gasteiger partial charge in [0.1, 0.15) is 0 Å². The Balaban J connectivity index is -0.000000451. The van der Waals surface area contributed by atoms with Gasteiger partial charge in [0.15, 0.2) is 0 Å². The summed E-state index contributed by atoms with van der Waals surface area (Å²) in [5.74, 6) is -1.85. The van der Waals surface area contributed by atoms with Crippen LogP contribution < -0.4 is 10.2 Å². The SMILES string of the molecule is CCCCCCCCC(C)(C)C(=O)[O-].CCCCCCCCC(C)(C)C(=O)[O-].[SnH2+2]. The summed E-state index contributed by atoms with van der Waals surface area (Å²) < 4.78 is 0. The van der Waals surface area contributed by atoms with Crippen LogP contribution in [0.3, 0.4) is 0 Å². The number of rotatable bonds is 16. The van der Waals surface area contributed by atoms with E-state index >= 15 is 0 Å². The summed E-state index contributed by atoms with van der Waals surface area (Å²) in [4.78, 5) is 21.4. The molecule has 0 unspecified atom stereocenters. The molecule has 0 aromatic heterocycles. The molecule has 0 fully saturated rings. The van der Waals surface area contributed by atoms with Crippen molar-refractivity contribution in [2.24, 2.45) is 10.8 Å². The van der Waals surface area contributed by atoms with Crippen LogP contribution in [-0.4, -0.2) is 35.8 Å². The fourth-order valence-corrected chi connectivity index (χ4v) is 2.90. The maximum atomic E-state index is 10.7. The first-order chi connectivity index (χ1) is 13.0. The number of carboxylic acid groups (broad SMARTS) is 2. The standard InChI is InChI=1S/2C12H24O2.Sn.2H/c2*1-4-5-6-7-8-9-10-12(2,3)11(13)14;;;/h2*4-10H2,1-3H3,(H,13,14);;;/q;;+2;;/p-2. The first-order valence-corrected chi connectivity index (χ1v) is 11.4. The van der Waals surface area contributed by atoms with E-state index in [-0.39, 0.29) is 23.9 Å². The first-order valence-electron chi connectivity index (χ1n) is 11.4. The van der Waals surface area contributed by atoms with Gasteiger partial charge in [-0.1, -0.05) is 119 Å². The Bertz CT molecular complexity index is 368. The monoisotopic (exact) mass is 520 g/mol. The van der Waals surface area contributed by atoms with Crippen molar-refractivity contribution in [1.29, 1.82) is 0 Å². The first kappa shape index (κ1) is 33.4. The zero-order chi connectivity index (χ0) is 22.1. The van der Waals surface area contributed by atoms with Crippen molar-refractivity contribution in [3.8, 4) is 0 Å². The molecule has 0 spiro atoms. The van der Waals surface area contributed by atoms with Crippen LogP contribution >= 0.6 is 0 Å². The molecule has 0 aliphatic carbocycles. The van der Waals surface area contributed by atoms with Crippen LogP contribution in [0, 0.1) is 10.8 Å². The zero-order valence-corrected chi connectivity index (χ0v) is 24.3. The van der Waals surface area contributed by atoms with E-state index in [1.165, 1.54) is 51.4 Å². The Kier molecular flexibility index (Phi) is 22.7. The van der Waals surface area contributed by atoms with E-state index in [2.05, 4.69) is 13.8 Å². The summed E-state index contributed by atoms with van der Waals surface area (Å²) in [6.07, 6.45) is 15.9. The quantitative estimate of drug-likeness (QED) is 0.227. The van der Waals surface area contributed by atoms with Crippen molar-refractivity contribution in [3.05, 3.63) is 0 Å². The molecular formula is C24H48O4Sn. The molecule has 4 nitrogen and oxygen atoms in total. The molecule has 0 saturated carbocycles. The average molecular weight is 519 g/mol. The molecule has 0 aliphatic heterocycles. The van der Waals surface area contributed by atoms with Crippen molar-refractivity contribution in [2.75, 3.05) is 0 Å². The summed E-state index contributed by atoms with van der Waals surface area (Å²) in [5, 5.41) is 21.4. The van der Waals surface area contributed by atoms with Crippen molar-refractivity contribution in [1.82, 2.24) is 0 Å². The Labute approximate surface area is 197 Å². The van der Waals surface area contributed by atoms with Crippen molar-refractivity contribution in [3.63, 3.8) is 0 Å². The number of carboxylic acids is 2. The number of aliphatic carboxylic acids is 2. The van der Waals surface area contributed by atoms with Crippen LogP contribution in [-0.2, 0) is 9.59 Å². The zero-order valence-electron chi connectivity index (χ0n) is 20.2. The maximum absolute atomic E-state index is 10.7. The van der Waals surface area contributed by atoms with E-state index < -0.39 is 22.8 Å². The molecular weight excluding hydrogens is 471 g/mol. The molecule has 0 aliphatic rings. The molecule has 0 amide bonds. The Morgan fingerprint density at radius 3 is 1.03 bits per heavy atom. The van der Waals surface area contributed by atoms with Gasteiger partial charge in [-0.25, -0.2) is 0 Å². The number of unbranched alkanes of at least 4 members (excludes halogenated alkanes) is 10. The molecule has 0 heterocycles. The van der Waals surface area contributed by atoms with Crippen LogP contribution in [0.25, 0.3) is 0 Å². The normalized spacial score (nSPS) is 11.2. The predicted molar refractivity (Wildman–Crippen MR) is 122 cm³/mol. The topological polar surface area (TPSA) is 80.3 Å². The average Bonchev–Trinajstić information content (AvgIpc) is 2.61. The van der Waals surface area contributed by atoms with Gasteiger partial charge < -0.3 is 19.8 Å². The van der Waals surface area contributed by atoms with E-state index in [0.717, 1.165) is 38.5 Å². The minimum absolute atomic E-state index is 0. The van der Waals surface area contributed by atoms with Crippen LogP contribution in [0.1, 0.15) is 131 Å². The third-order valence-electron chi connectivity index (χ3n) is 5.42. The minimum atomic E-state index is -0.925. The van der Waals surface area contributed by atoms with Crippen molar-refractivity contribution < 1.29 is 19.8 Å². The summed E-state index contributed by atoms with van der Waals surface area (Å²) in [6.45, 7) is 11.4. The predicted octanol–water partition coefficient (Wildman–Crippen LogP) is 4.11. The molecule has 0 N–H and O–H groups in total. The molecule has 0 radical (unpaired) electrons. The second-order valence-corrected chi connectivity index (χ2v) is 9.38. The van der Waals surface area contributed by atoms with Crippen LogP contribution in [0.4, 0.5) is 0 Å². The van der Waals surface area contributed by atoms with E-state index in [1.807, 2.05) is 0 Å². The molecule has 0 aromatic rings. The van der Waals surface area contributed by atoms with E-state index in [1.54, 1.807) is 27.7 Å². The second-order valence-electron chi connectivity index (χ2n) is 9.38. The molecule has 0 aromatic carbocycles. The van der Waals surface area contributed by atoms with Gasteiger partial charge in [0.2, 0.25) is 0 Å². The van der Waals surface area contributed by atoms with Gasteiger partial charge in [0.25, 0.3) is 0 Å². The number of carbonyl (C=O) groups is 2. The second kappa shape index (κ2) is 19.7. The van der Waals surface area contributed by atoms with E-state index in [4.69, 9.17) is 0 Å². The molecule has 0 rings (SSSR count). The van der Waals surface area contributed by atoms with Crippen LogP contribution in [0.15, 0.2) is 0 Å². The van der Waals surface area contributed by atoms with Gasteiger partial charge in [0.05, 0.1) is 0 Å². The van der Waals surface area contributed by atoms with Gasteiger partial charge in [0, 0.05) is 22.8 Å². The summed E-state index contributed by atoms with van der Waals surface area (Å²) in [6, 6.07) is 0. The van der Waals surface area contributed by atoms with E-state index in [9.17, 15) is 19.8 Å². The summed E-state index contributed by atoms with van der Waals surface area (Å²) >= 11 is 0. The number of carbonyl (C=O) groups excluding carboxylic acids is 2. The van der Waals surface area contributed by atoms with Gasteiger partial charge >= 0.3 is 23.9 Å². The molecule has 0 bridgehead atoms. The van der Waals surface area contributed by atoms with Crippen molar-refractivity contribution >= 4 is 35.8 Å². The Morgan fingerprint density at radius 2 is 0.793 bits per heavy atom. The molecule has 5 heteroatoms. The van der Waals surface area contributed by atoms with E-state index in [0.29, 0.717) is 0 Å². The number of hydrogen-bond acceptors (Lipinski definition) is 4. The van der Waals surface area contributed by atoms with Gasteiger partial charge in [-0.05, 0) is 12.8 Å². The molecule has 0 atom stereocenters. The van der Waals surface area contributed by atoms with Gasteiger partial charge in [-0.15, -0.1) is 0 Å². The third kappa shape index (κ3) is 20.8. The van der Waals surface area contributed by atoms with Gasteiger partial charge in [-0.3, -0.25) is 0 Å². The fraction of sp³-hybridized carbons (Fsp3) is 0.917. The molecule has 29 heavy (non-hydrogen) atoms. The fourth-order valence-electron chi connectivity index (χ4n) is 2.90. The molecule has 172 valence electrons. The van der Waals surface area contributed by atoms with Gasteiger partial charge in [-0.2, -0.15) is 0 Å². The summed E-state index contributed by atoms with van der Waals surface area (Å²) in [7, 11) is 0. The van der Waals surface area contributed by atoms with Crippen LogP contribution in [0.2, 0.25) is 0 Å². The Morgan fingerprint density at radius 1 is 0.552 bits per heavy atom. The Hall–Kier alpha value is -0.261. The van der Waals surface area contributed by atoms with Crippen molar-refractivity contribution in [2.45, 2.75) is 131 Å². The number of hydrogen-bond donors (Lipinski definition) is 0. The van der Waals surface area contributed by atoms with Crippen LogP contribution in [0.5, 0.6) is 0 Å².